The third-order valence-corrected chi connectivity index (χ3v) is 11.6. The molecule has 11 rings (SSSR count). The third-order valence-electron chi connectivity index (χ3n) is 11.6. The third kappa shape index (κ3) is 5.34. The molecular weight excluding hydrogens is 711 g/mol. The van der Waals surface area contributed by atoms with Crippen LogP contribution in [0.25, 0.3) is 111 Å². The highest BCUT2D eigenvalue weighted by Crippen LogP contribution is 2.43. The van der Waals surface area contributed by atoms with Crippen molar-refractivity contribution in [2.24, 2.45) is 14.1 Å². The largest absolute Gasteiger partial charge is 0.328 e. The monoisotopic (exact) mass is 745 g/mol. The van der Waals surface area contributed by atoms with Gasteiger partial charge >= 0.3 is 5.69 Å². The van der Waals surface area contributed by atoms with Gasteiger partial charge in [0.2, 0.25) is 0 Å². The molecule has 9 aromatic carbocycles. The molecule has 0 bridgehead atoms. The van der Waals surface area contributed by atoms with Gasteiger partial charge in [-0.3, -0.25) is 9.13 Å². The average Bonchev–Trinajstić information content (AvgIpc) is 3.51. The van der Waals surface area contributed by atoms with Crippen LogP contribution >= 0.6 is 0 Å². The fourth-order valence-corrected chi connectivity index (χ4v) is 8.65. The van der Waals surface area contributed by atoms with Gasteiger partial charge in [-0.15, -0.1) is 0 Å². The summed E-state index contributed by atoms with van der Waals surface area (Å²) in [5, 5.41) is 10.1. The van der Waals surface area contributed by atoms with Crippen molar-refractivity contribution in [2.75, 3.05) is 0 Å². The number of nitrogens with zero attached hydrogens (tertiary/aromatic N) is 5. The van der Waals surface area contributed by atoms with E-state index in [9.17, 15) is 4.79 Å². The van der Waals surface area contributed by atoms with E-state index in [0.717, 1.165) is 44.4 Å². The second-order valence-electron chi connectivity index (χ2n) is 14.9. The fourth-order valence-electron chi connectivity index (χ4n) is 8.65. The molecule has 11 aromatic rings. The van der Waals surface area contributed by atoms with Crippen molar-refractivity contribution in [2.45, 2.75) is 0 Å². The summed E-state index contributed by atoms with van der Waals surface area (Å²) in [6, 6.07) is 61.7. The van der Waals surface area contributed by atoms with Gasteiger partial charge in [-0.2, -0.15) is 0 Å². The van der Waals surface area contributed by atoms with E-state index in [1.807, 2.05) is 43.4 Å². The van der Waals surface area contributed by atoms with E-state index in [4.69, 9.17) is 15.0 Å². The normalized spacial score (nSPS) is 11.7. The van der Waals surface area contributed by atoms with Gasteiger partial charge in [-0.1, -0.05) is 158 Å². The molecule has 0 saturated carbocycles. The lowest BCUT2D eigenvalue weighted by Gasteiger charge is -2.16. The first kappa shape index (κ1) is 33.6. The molecule has 0 aliphatic heterocycles. The van der Waals surface area contributed by atoms with E-state index < -0.39 is 0 Å². The SMILES string of the molecule is Cn1c(=O)n(C)c2cc(-c3ccc(-c4nc(-c5ccccc5)nc(-c5ccc(-c6cc7c8ccccc8c8ccccc8c7c7ccccc67)cc5)n4)cc3)ccc21. The Morgan fingerprint density at radius 2 is 0.759 bits per heavy atom. The van der Waals surface area contributed by atoms with Crippen LogP contribution in [0.1, 0.15) is 0 Å². The van der Waals surface area contributed by atoms with Crippen LogP contribution in [0.2, 0.25) is 0 Å². The summed E-state index contributed by atoms with van der Waals surface area (Å²) in [6.07, 6.45) is 0. The number of hydrogen-bond donors (Lipinski definition) is 0. The van der Waals surface area contributed by atoms with E-state index in [-0.39, 0.29) is 5.69 Å². The van der Waals surface area contributed by atoms with Crippen LogP contribution in [0.3, 0.4) is 0 Å². The van der Waals surface area contributed by atoms with E-state index in [1.54, 1.807) is 16.2 Å². The molecule has 0 saturated heterocycles. The predicted molar refractivity (Wildman–Crippen MR) is 239 cm³/mol. The molecule has 58 heavy (non-hydrogen) atoms. The second-order valence-corrected chi connectivity index (χ2v) is 14.9. The van der Waals surface area contributed by atoms with Crippen molar-refractivity contribution in [3.8, 4) is 56.4 Å². The molecule has 274 valence electrons. The van der Waals surface area contributed by atoms with Gasteiger partial charge in [0.05, 0.1) is 11.0 Å². The van der Waals surface area contributed by atoms with E-state index in [1.165, 1.54) is 48.7 Å². The lowest BCUT2D eigenvalue weighted by atomic mass is 9.87. The number of fused-ring (bicyclic) bond motifs is 9. The molecule has 0 spiro atoms. The Kier molecular flexibility index (Phi) is 7.66. The van der Waals surface area contributed by atoms with Gasteiger partial charge in [0.15, 0.2) is 17.5 Å². The number of hydrogen-bond acceptors (Lipinski definition) is 4. The maximum absolute atomic E-state index is 12.6. The summed E-state index contributed by atoms with van der Waals surface area (Å²) in [5.41, 5.74) is 8.85. The van der Waals surface area contributed by atoms with Gasteiger partial charge in [-0.05, 0) is 83.5 Å². The van der Waals surface area contributed by atoms with Gasteiger partial charge in [-0.25, -0.2) is 19.7 Å². The van der Waals surface area contributed by atoms with Crippen molar-refractivity contribution < 1.29 is 0 Å². The average molecular weight is 746 g/mol. The van der Waals surface area contributed by atoms with Crippen molar-refractivity contribution in [1.29, 1.82) is 0 Å². The Hall–Kier alpha value is -7.70. The molecular formula is C52H35N5O. The van der Waals surface area contributed by atoms with Crippen LogP contribution in [0.15, 0.2) is 181 Å². The lowest BCUT2D eigenvalue weighted by molar-refractivity contribution is 0.795. The van der Waals surface area contributed by atoms with Gasteiger partial charge in [0.25, 0.3) is 0 Å². The maximum atomic E-state index is 12.6. The Bertz CT molecular complexity index is 3470. The van der Waals surface area contributed by atoms with Crippen LogP contribution in [0.4, 0.5) is 0 Å². The van der Waals surface area contributed by atoms with Gasteiger partial charge < -0.3 is 0 Å². The minimum Gasteiger partial charge on any atom is -0.295 e. The first-order chi connectivity index (χ1) is 28.5. The van der Waals surface area contributed by atoms with Crippen LogP contribution in [0.5, 0.6) is 0 Å². The maximum Gasteiger partial charge on any atom is 0.328 e. The molecule has 2 heterocycles. The zero-order valence-electron chi connectivity index (χ0n) is 31.9. The highest BCUT2D eigenvalue weighted by molar-refractivity contribution is 6.33. The standard InChI is InChI=1S/C52H35N5O/c1-56-46-29-28-37(30-47(46)57(2)52(56)58)32-20-24-35(25-21-32)50-53-49(34-12-4-3-5-13-34)54-51(55-50)36-26-22-33(23-27-36)44-31-45-40-16-7-6-14-38(40)39-15-8-10-18-42(39)48(45)43-19-11-9-17-41(43)44/h3-31H,1-2H3. The quantitative estimate of drug-likeness (QED) is 0.165. The van der Waals surface area contributed by atoms with Gasteiger partial charge in [0, 0.05) is 30.8 Å². The zero-order valence-corrected chi connectivity index (χ0v) is 31.9. The summed E-state index contributed by atoms with van der Waals surface area (Å²) in [7, 11) is 3.61. The zero-order chi connectivity index (χ0) is 38.9. The second kappa shape index (κ2) is 13.2. The molecule has 0 aliphatic carbocycles. The first-order valence-electron chi connectivity index (χ1n) is 19.4. The van der Waals surface area contributed by atoms with Crippen LogP contribution in [0, 0.1) is 0 Å². The molecule has 2 aromatic heterocycles. The van der Waals surface area contributed by atoms with E-state index >= 15 is 0 Å². The van der Waals surface area contributed by atoms with E-state index in [2.05, 4.69) is 140 Å². The molecule has 0 radical (unpaired) electrons. The van der Waals surface area contributed by atoms with Crippen LogP contribution in [-0.4, -0.2) is 24.1 Å². The Balaban J connectivity index is 1.01. The molecule has 6 heteroatoms. The smallest absolute Gasteiger partial charge is 0.295 e. The number of aromatic nitrogens is 5. The molecule has 0 amide bonds. The Labute approximate surface area is 334 Å². The van der Waals surface area contributed by atoms with Crippen molar-refractivity contribution in [3.05, 3.63) is 186 Å². The fraction of sp³-hybridized carbons (Fsp3) is 0.0385. The number of rotatable bonds is 5. The summed E-state index contributed by atoms with van der Waals surface area (Å²) < 4.78 is 3.36. The summed E-state index contributed by atoms with van der Waals surface area (Å²) in [5.74, 6) is 1.82. The van der Waals surface area contributed by atoms with Crippen LogP contribution < -0.4 is 5.69 Å². The topological polar surface area (TPSA) is 65.6 Å². The first-order valence-corrected chi connectivity index (χ1v) is 19.4. The predicted octanol–water partition coefficient (Wildman–Crippen LogP) is 12.0. The van der Waals surface area contributed by atoms with Crippen molar-refractivity contribution >= 4 is 54.1 Å². The molecule has 0 N–H and O–H groups in total. The van der Waals surface area contributed by atoms with Gasteiger partial charge in [0.1, 0.15) is 0 Å². The molecule has 0 aliphatic rings. The lowest BCUT2D eigenvalue weighted by Crippen LogP contribution is -2.19. The molecule has 0 atom stereocenters. The van der Waals surface area contributed by atoms with Crippen molar-refractivity contribution in [1.82, 2.24) is 24.1 Å². The molecule has 0 fully saturated rings. The highest BCUT2D eigenvalue weighted by Gasteiger charge is 2.17. The minimum atomic E-state index is -0.0401. The number of imidazole rings is 1. The summed E-state index contributed by atoms with van der Waals surface area (Å²) >= 11 is 0. The highest BCUT2D eigenvalue weighted by atomic mass is 16.1. The number of aryl methyl sites for hydroxylation is 2. The summed E-state index contributed by atoms with van der Waals surface area (Å²) in [6.45, 7) is 0. The Morgan fingerprint density at radius 3 is 1.36 bits per heavy atom. The van der Waals surface area contributed by atoms with Crippen molar-refractivity contribution in [3.63, 3.8) is 0 Å². The van der Waals surface area contributed by atoms with E-state index in [0.29, 0.717) is 17.5 Å². The summed E-state index contributed by atoms with van der Waals surface area (Å²) in [4.78, 5) is 27.6. The molecule has 0 unspecified atom stereocenters. The van der Waals surface area contributed by atoms with Crippen LogP contribution in [-0.2, 0) is 14.1 Å². The number of benzene rings is 9. The Morgan fingerprint density at radius 1 is 0.345 bits per heavy atom. The molecule has 6 nitrogen and oxygen atoms in total. The minimum absolute atomic E-state index is 0.0401.